The molecule has 0 amide bonds. The standard InChI is InChI=1S/B3H5S/c1-3(2)4/h4H,1-2H2. The predicted molar refractivity (Wildman–Crippen MR) is 31.8 cm³/mol. The van der Waals surface area contributed by atoms with Crippen LogP contribution in [-0.2, 0) is 0 Å². The van der Waals surface area contributed by atoms with Crippen molar-refractivity contribution in [1.29, 1.82) is 0 Å². The molecule has 0 aliphatic heterocycles. The summed E-state index contributed by atoms with van der Waals surface area (Å²) < 4.78 is 0. The van der Waals surface area contributed by atoms with E-state index in [2.05, 4.69) is 12.5 Å². The highest BCUT2D eigenvalue weighted by Crippen LogP contribution is 1.63. The van der Waals surface area contributed by atoms with Crippen molar-refractivity contribution < 1.29 is 0 Å². The molecule has 0 aromatic rings. The maximum Gasteiger partial charge on any atom is 0.127 e. The summed E-state index contributed by atoms with van der Waals surface area (Å²) in [7, 11) is 4.06. The van der Waals surface area contributed by atoms with Crippen LogP contribution in [-0.4, -0.2) is 21.2 Å². The first-order chi connectivity index (χ1) is 1.73. The van der Waals surface area contributed by atoms with Crippen molar-refractivity contribution in [2.45, 2.75) is 0 Å². The first-order valence-electron chi connectivity index (χ1n) is 1.41. The van der Waals surface area contributed by atoms with Gasteiger partial charge in [-0.2, -0.15) is 0 Å². The Balaban J connectivity index is 2.32. The van der Waals surface area contributed by atoms with Crippen LogP contribution in [0.2, 0.25) is 0 Å². The van der Waals surface area contributed by atoms with Crippen LogP contribution in [0.5, 0.6) is 0 Å². The average Bonchev–Trinajstić information content (AvgIpc) is 0.811. The van der Waals surface area contributed by atoms with Crippen LogP contribution in [0.25, 0.3) is 0 Å². The Hall–Kier alpha value is 0.545. The lowest BCUT2D eigenvalue weighted by atomic mass is 9.38. The maximum absolute atomic E-state index is 3.97. The largest absolute Gasteiger partial charge is 0.247 e. The molecule has 0 unspecified atom stereocenters. The van der Waals surface area contributed by atoms with Crippen molar-refractivity contribution in [3.63, 3.8) is 0 Å². The summed E-state index contributed by atoms with van der Waals surface area (Å²) in [6.07, 6.45) is 0. The SMILES string of the molecule is BB(B)S. The average molecular weight is 69.5 g/mol. The highest BCUT2D eigenvalue weighted by Gasteiger charge is 1.79. The normalized spacial score (nSPS) is 6.25. The molecule has 0 spiro atoms. The molecule has 0 aromatic heterocycles. The molecule has 0 radical (unpaired) electrons. The van der Waals surface area contributed by atoms with Gasteiger partial charge < -0.3 is 0 Å². The molecule has 0 saturated heterocycles. The fourth-order valence-corrected chi connectivity index (χ4v) is 0. The van der Waals surface area contributed by atoms with Gasteiger partial charge in [-0.05, 0) is 0 Å². The lowest BCUT2D eigenvalue weighted by Crippen LogP contribution is -2.00. The topological polar surface area (TPSA) is 0 Å². The molecule has 4 heavy (non-hydrogen) atoms. The first kappa shape index (κ1) is 4.54. The number of rotatable bonds is 0. The third-order valence-corrected chi connectivity index (χ3v) is 0. The van der Waals surface area contributed by atoms with Gasteiger partial charge in [0.2, 0.25) is 0 Å². The van der Waals surface area contributed by atoms with E-state index < -0.39 is 0 Å². The minimum Gasteiger partial charge on any atom is -0.247 e. The Labute approximate surface area is 34.5 Å². The monoisotopic (exact) mass is 70.0 g/mol. The minimum absolute atomic E-state index is 0.528. The first-order valence-corrected chi connectivity index (χ1v) is 1.93. The molecule has 0 bridgehead atoms. The van der Waals surface area contributed by atoms with Crippen LogP contribution in [0.4, 0.5) is 0 Å². The molecule has 20 valence electrons. The Morgan fingerprint density at radius 3 is 1.50 bits per heavy atom. The van der Waals surface area contributed by atoms with E-state index in [1.54, 1.807) is 0 Å². The summed E-state index contributed by atoms with van der Waals surface area (Å²) in [4.78, 5) is 0. The molecule has 0 fully saturated rings. The van der Waals surface area contributed by atoms with Gasteiger partial charge in [-0.3, -0.25) is 0 Å². The molecule has 4 heteroatoms. The quantitative estimate of drug-likeness (QED) is 0.251. The summed E-state index contributed by atoms with van der Waals surface area (Å²) in [5.41, 5.74) is 0. The van der Waals surface area contributed by atoms with E-state index in [4.69, 9.17) is 0 Å². The molecular weight excluding hydrogens is 64.5 g/mol. The van der Waals surface area contributed by atoms with E-state index >= 15 is 0 Å². The van der Waals surface area contributed by atoms with Gasteiger partial charge in [0.1, 0.15) is 5.77 Å². The summed E-state index contributed by atoms with van der Waals surface area (Å²) in [6.45, 7) is 0. The second kappa shape index (κ2) is 1.83. The number of hydrogen-bond donors (Lipinski definition) is 1. The second-order valence-corrected chi connectivity index (χ2v) is 2.13. The second-order valence-electron chi connectivity index (χ2n) is 1.09. The van der Waals surface area contributed by atoms with Gasteiger partial charge in [-0.1, -0.05) is 0 Å². The van der Waals surface area contributed by atoms with Crippen LogP contribution >= 0.6 is 12.5 Å². The third-order valence-electron chi connectivity index (χ3n) is 0. The maximum atomic E-state index is 3.97. The van der Waals surface area contributed by atoms with Gasteiger partial charge in [0.05, 0.1) is 15.5 Å². The predicted octanol–water partition coefficient (Wildman–Crippen LogP) is -1.83. The van der Waals surface area contributed by atoms with Crippen molar-refractivity contribution in [3.05, 3.63) is 0 Å². The van der Waals surface area contributed by atoms with E-state index in [9.17, 15) is 0 Å². The highest BCUT2D eigenvalue weighted by molar-refractivity contribution is 8.20. The fraction of sp³-hybridized carbons (Fsp3) is 0. The van der Waals surface area contributed by atoms with Crippen LogP contribution in [0, 0.1) is 0 Å². The minimum atomic E-state index is 0.528. The van der Waals surface area contributed by atoms with Gasteiger partial charge >= 0.3 is 0 Å². The smallest absolute Gasteiger partial charge is 0.127 e. The summed E-state index contributed by atoms with van der Waals surface area (Å²) >= 11 is 3.97. The lowest BCUT2D eigenvalue weighted by molar-refractivity contribution is 4.19. The van der Waals surface area contributed by atoms with Gasteiger partial charge in [-0.25, -0.2) is 12.5 Å². The Bertz CT molecular complexity index is 8.00. The van der Waals surface area contributed by atoms with Crippen LogP contribution in [0.15, 0.2) is 0 Å². The zero-order valence-electron chi connectivity index (χ0n) is 3.02. The summed E-state index contributed by atoms with van der Waals surface area (Å²) in [5.74, 6) is 0.528. The highest BCUT2D eigenvalue weighted by atomic mass is 32.1. The summed E-state index contributed by atoms with van der Waals surface area (Å²) in [5, 5.41) is 0. The molecule has 0 N–H and O–H groups in total. The number of thiol groups is 1. The van der Waals surface area contributed by atoms with Gasteiger partial charge in [0, 0.05) is 0 Å². The van der Waals surface area contributed by atoms with E-state index in [0.29, 0.717) is 5.77 Å². The molecule has 0 heterocycles. The lowest BCUT2D eigenvalue weighted by Gasteiger charge is -1.69. The van der Waals surface area contributed by atoms with Gasteiger partial charge in [-0.15, -0.1) is 0 Å². The molecule has 0 aliphatic rings. The molecule has 0 aliphatic carbocycles. The van der Waals surface area contributed by atoms with Crippen molar-refractivity contribution >= 4 is 33.7 Å². The van der Waals surface area contributed by atoms with E-state index in [1.807, 2.05) is 15.5 Å². The molecule has 0 atom stereocenters. The van der Waals surface area contributed by atoms with E-state index in [0.717, 1.165) is 0 Å². The van der Waals surface area contributed by atoms with E-state index in [-0.39, 0.29) is 0 Å². The molecule has 0 rings (SSSR count). The Morgan fingerprint density at radius 1 is 1.50 bits per heavy atom. The Kier molecular flexibility index (Phi) is 2.08. The zero-order valence-corrected chi connectivity index (χ0v) is 3.92. The molecule has 0 saturated carbocycles. The van der Waals surface area contributed by atoms with Crippen LogP contribution in [0.3, 0.4) is 0 Å². The zero-order chi connectivity index (χ0) is 3.58. The molecule has 0 nitrogen and oxygen atoms in total. The van der Waals surface area contributed by atoms with Crippen molar-refractivity contribution in [3.8, 4) is 0 Å². The van der Waals surface area contributed by atoms with Crippen molar-refractivity contribution in [2.75, 3.05) is 0 Å². The molecular formula is H5B3S. The van der Waals surface area contributed by atoms with E-state index in [1.165, 1.54) is 0 Å². The summed E-state index contributed by atoms with van der Waals surface area (Å²) in [6, 6.07) is 0. The Morgan fingerprint density at radius 2 is 1.50 bits per heavy atom. The van der Waals surface area contributed by atoms with Crippen molar-refractivity contribution in [1.82, 2.24) is 0 Å². The van der Waals surface area contributed by atoms with Crippen LogP contribution < -0.4 is 0 Å². The number of hydrogen-bond acceptors (Lipinski definition) is 1. The molecule has 0 aromatic carbocycles. The van der Waals surface area contributed by atoms with Crippen LogP contribution in [0.1, 0.15) is 0 Å². The van der Waals surface area contributed by atoms with Gasteiger partial charge in [0.25, 0.3) is 0 Å². The fourth-order valence-electron chi connectivity index (χ4n) is 0. The third kappa shape index (κ3) is 20.5. The van der Waals surface area contributed by atoms with Crippen molar-refractivity contribution in [2.24, 2.45) is 0 Å². The van der Waals surface area contributed by atoms with Gasteiger partial charge in [0.15, 0.2) is 0 Å².